The lowest BCUT2D eigenvalue weighted by Gasteiger charge is -2.24. The first-order valence-electron chi connectivity index (χ1n) is 8.69. The second-order valence-corrected chi connectivity index (χ2v) is 8.35. The third-order valence-corrected chi connectivity index (χ3v) is 6.74. The number of benzene rings is 1. The van der Waals surface area contributed by atoms with E-state index in [1.807, 2.05) is 0 Å². The van der Waals surface area contributed by atoms with Crippen LogP contribution >= 0.6 is 0 Å². The summed E-state index contributed by atoms with van der Waals surface area (Å²) >= 11 is 0. The molecule has 0 radical (unpaired) electrons. The number of sulfonamides is 1. The van der Waals surface area contributed by atoms with Gasteiger partial charge in [-0.1, -0.05) is 0 Å². The fourth-order valence-electron chi connectivity index (χ4n) is 3.37. The van der Waals surface area contributed by atoms with Gasteiger partial charge in [0.1, 0.15) is 5.75 Å². The minimum absolute atomic E-state index is 0.0983. The molecule has 25 heavy (non-hydrogen) atoms. The van der Waals surface area contributed by atoms with Crippen molar-refractivity contribution in [1.82, 2.24) is 14.5 Å². The van der Waals surface area contributed by atoms with Crippen LogP contribution in [0.1, 0.15) is 19.3 Å². The predicted octanol–water partition coefficient (Wildman–Crippen LogP) is 0.670. The molecule has 0 aliphatic carbocycles. The van der Waals surface area contributed by atoms with Gasteiger partial charge >= 0.3 is 0 Å². The molecule has 2 fully saturated rings. The van der Waals surface area contributed by atoms with Gasteiger partial charge in [-0.3, -0.25) is 4.79 Å². The molecule has 1 amide bonds. The van der Waals surface area contributed by atoms with Crippen molar-refractivity contribution in [2.24, 2.45) is 0 Å². The first-order chi connectivity index (χ1) is 12.0. The van der Waals surface area contributed by atoms with Gasteiger partial charge in [0.2, 0.25) is 15.9 Å². The van der Waals surface area contributed by atoms with Gasteiger partial charge in [-0.15, -0.1) is 0 Å². The second-order valence-electron chi connectivity index (χ2n) is 6.41. The van der Waals surface area contributed by atoms with Crippen molar-refractivity contribution in [3.05, 3.63) is 24.3 Å². The Kier molecular flexibility index (Phi) is 5.61. The maximum atomic E-state index is 12.8. The Labute approximate surface area is 149 Å². The van der Waals surface area contributed by atoms with Crippen molar-refractivity contribution >= 4 is 15.9 Å². The van der Waals surface area contributed by atoms with Gasteiger partial charge in [-0.25, -0.2) is 8.42 Å². The molecule has 2 saturated heterocycles. The SMILES string of the molecule is COc1ccc(S(=O)(=O)N2CCCN(C(=O)C3CCCN3)CC2)cc1. The molecular weight excluding hydrogens is 342 g/mol. The minimum Gasteiger partial charge on any atom is -0.497 e. The van der Waals surface area contributed by atoms with Crippen LogP contribution in [-0.2, 0) is 14.8 Å². The van der Waals surface area contributed by atoms with Crippen molar-refractivity contribution < 1.29 is 17.9 Å². The molecule has 2 aliphatic heterocycles. The van der Waals surface area contributed by atoms with Crippen molar-refractivity contribution in [2.75, 3.05) is 39.8 Å². The minimum atomic E-state index is -3.55. The molecular formula is C17H25N3O4S. The van der Waals surface area contributed by atoms with Crippen LogP contribution in [0.3, 0.4) is 0 Å². The standard InChI is InChI=1S/C17H25N3O4S/c1-24-14-5-7-15(8-6-14)25(22,23)20-11-3-10-19(12-13-20)17(21)16-4-2-9-18-16/h5-8,16,18H,2-4,9-13H2,1H3. The van der Waals surface area contributed by atoms with E-state index >= 15 is 0 Å². The molecule has 1 N–H and O–H groups in total. The smallest absolute Gasteiger partial charge is 0.243 e. The van der Waals surface area contributed by atoms with Gasteiger partial charge in [0.05, 0.1) is 18.0 Å². The number of carbonyl (C=O) groups excluding carboxylic acids is 1. The van der Waals surface area contributed by atoms with E-state index in [-0.39, 0.29) is 16.8 Å². The third-order valence-electron chi connectivity index (χ3n) is 4.82. The zero-order valence-corrected chi connectivity index (χ0v) is 15.3. The summed E-state index contributed by atoms with van der Waals surface area (Å²) in [6.45, 7) is 2.67. The van der Waals surface area contributed by atoms with Gasteiger partial charge in [0, 0.05) is 26.2 Å². The van der Waals surface area contributed by atoms with E-state index in [0.717, 1.165) is 19.4 Å². The van der Waals surface area contributed by atoms with E-state index in [2.05, 4.69) is 5.32 Å². The number of hydrogen-bond donors (Lipinski definition) is 1. The molecule has 0 bridgehead atoms. The molecule has 138 valence electrons. The van der Waals surface area contributed by atoms with E-state index < -0.39 is 10.0 Å². The van der Waals surface area contributed by atoms with Crippen LogP contribution in [0.25, 0.3) is 0 Å². The summed E-state index contributed by atoms with van der Waals surface area (Å²) in [7, 11) is -2.01. The van der Waals surface area contributed by atoms with E-state index in [0.29, 0.717) is 38.3 Å². The Bertz CT molecular complexity index is 699. The fourth-order valence-corrected chi connectivity index (χ4v) is 4.84. The monoisotopic (exact) mass is 367 g/mol. The zero-order valence-electron chi connectivity index (χ0n) is 14.5. The summed E-state index contributed by atoms with van der Waals surface area (Å²) in [5.41, 5.74) is 0. The molecule has 2 heterocycles. The lowest BCUT2D eigenvalue weighted by molar-refractivity contribution is -0.132. The van der Waals surface area contributed by atoms with Crippen LogP contribution in [0.4, 0.5) is 0 Å². The average molecular weight is 367 g/mol. The van der Waals surface area contributed by atoms with Crippen LogP contribution in [-0.4, -0.2) is 69.4 Å². The molecule has 7 nitrogen and oxygen atoms in total. The number of carbonyl (C=O) groups is 1. The van der Waals surface area contributed by atoms with Crippen LogP contribution in [0.5, 0.6) is 5.75 Å². The average Bonchev–Trinajstić information content (AvgIpc) is 3.05. The van der Waals surface area contributed by atoms with Crippen molar-refractivity contribution in [3.63, 3.8) is 0 Å². The number of rotatable bonds is 4. The molecule has 8 heteroatoms. The number of nitrogens with one attached hydrogen (secondary N) is 1. The third kappa shape index (κ3) is 3.96. The first-order valence-corrected chi connectivity index (χ1v) is 10.1. The Morgan fingerprint density at radius 2 is 1.88 bits per heavy atom. The van der Waals surface area contributed by atoms with Crippen molar-refractivity contribution in [2.45, 2.75) is 30.2 Å². The molecule has 0 saturated carbocycles. The quantitative estimate of drug-likeness (QED) is 0.846. The molecule has 1 aromatic rings. The lowest BCUT2D eigenvalue weighted by Crippen LogP contribution is -2.45. The van der Waals surface area contributed by atoms with Crippen LogP contribution in [0.15, 0.2) is 29.2 Å². The number of ether oxygens (including phenoxy) is 1. The van der Waals surface area contributed by atoms with E-state index in [1.165, 1.54) is 4.31 Å². The van der Waals surface area contributed by atoms with Crippen LogP contribution in [0.2, 0.25) is 0 Å². The number of nitrogens with zero attached hydrogens (tertiary/aromatic N) is 2. The Morgan fingerprint density at radius 3 is 2.52 bits per heavy atom. The molecule has 3 rings (SSSR count). The maximum absolute atomic E-state index is 12.8. The van der Waals surface area contributed by atoms with Gasteiger partial charge in [0.15, 0.2) is 0 Å². The van der Waals surface area contributed by atoms with E-state index in [4.69, 9.17) is 4.74 Å². The Hall–Kier alpha value is -1.64. The molecule has 2 aliphatic rings. The van der Waals surface area contributed by atoms with Crippen LogP contribution < -0.4 is 10.1 Å². The zero-order chi connectivity index (χ0) is 17.9. The molecule has 1 atom stereocenters. The topological polar surface area (TPSA) is 79.0 Å². The molecule has 1 unspecified atom stereocenters. The fraction of sp³-hybridized carbons (Fsp3) is 0.588. The van der Waals surface area contributed by atoms with E-state index in [1.54, 1.807) is 36.3 Å². The maximum Gasteiger partial charge on any atom is 0.243 e. The summed E-state index contributed by atoms with van der Waals surface area (Å²) in [6.07, 6.45) is 2.53. The second kappa shape index (κ2) is 7.72. The lowest BCUT2D eigenvalue weighted by atomic mass is 10.2. The van der Waals surface area contributed by atoms with Gasteiger partial charge in [-0.05, 0) is 50.1 Å². The highest BCUT2D eigenvalue weighted by Gasteiger charge is 2.31. The summed E-state index contributed by atoms with van der Waals surface area (Å²) < 4.78 is 32.2. The molecule has 0 aromatic heterocycles. The van der Waals surface area contributed by atoms with Gasteiger partial charge < -0.3 is 15.0 Å². The first kappa shape index (κ1) is 18.2. The van der Waals surface area contributed by atoms with Gasteiger partial charge in [0.25, 0.3) is 0 Å². The molecule has 0 spiro atoms. The summed E-state index contributed by atoms with van der Waals surface area (Å²) in [6, 6.07) is 6.30. The number of hydrogen-bond acceptors (Lipinski definition) is 5. The normalized spacial score (nSPS) is 22.6. The largest absolute Gasteiger partial charge is 0.497 e. The number of methoxy groups -OCH3 is 1. The van der Waals surface area contributed by atoms with Crippen molar-refractivity contribution in [1.29, 1.82) is 0 Å². The summed E-state index contributed by atoms with van der Waals surface area (Å²) in [5.74, 6) is 0.719. The Balaban J connectivity index is 1.67. The van der Waals surface area contributed by atoms with Crippen LogP contribution in [0, 0.1) is 0 Å². The van der Waals surface area contributed by atoms with Gasteiger partial charge in [-0.2, -0.15) is 4.31 Å². The molecule has 1 aromatic carbocycles. The predicted molar refractivity (Wildman–Crippen MR) is 94.0 cm³/mol. The summed E-state index contributed by atoms with van der Waals surface area (Å²) in [4.78, 5) is 14.6. The number of amides is 1. The highest BCUT2D eigenvalue weighted by atomic mass is 32.2. The highest BCUT2D eigenvalue weighted by molar-refractivity contribution is 7.89. The van der Waals surface area contributed by atoms with Crippen molar-refractivity contribution in [3.8, 4) is 5.75 Å². The highest BCUT2D eigenvalue weighted by Crippen LogP contribution is 2.21. The summed E-state index contributed by atoms with van der Waals surface area (Å²) in [5, 5.41) is 3.22. The Morgan fingerprint density at radius 1 is 1.12 bits per heavy atom. The van der Waals surface area contributed by atoms with E-state index in [9.17, 15) is 13.2 Å².